The van der Waals surface area contributed by atoms with Crippen molar-refractivity contribution in [3.8, 4) is 11.5 Å². The summed E-state index contributed by atoms with van der Waals surface area (Å²) in [6.07, 6.45) is 0.234. The molecule has 7 nitrogen and oxygen atoms in total. The average molecular weight is 557 g/mol. The molecule has 0 aromatic heterocycles. The lowest BCUT2D eigenvalue weighted by atomic mass is 9.48. The first-order chi connectivity index (χ1) is 18.9. The van der Waals surface area contributed by atoms with Crippen molar-refractivity contribution in [1.82, 2.24) is 9.80 Å². The third-order valence-electron chi connectivity index (χ3n) is 9.24. The molecule has 0 N–H and O–H groups in total. The van der Waals surface area contributed by atoms with E-state index in [1.165, 1.54) is 42.8 Å². The Morgan fingerprint density at radius 2 is 1.95 bits per heavy atom. The highest BCUT2D eigenvalue weighted by Gasteiger charge is 2.75. The summed E-state index contributed by atoms with van der Waals surface area (Å²) in [5, 5.41) is 0. The predicted octanol–water partition coefficient (Wildman–Crippen LogP) is 4.48. The standard InChI is InChI=1S/C30H31F3N2O5/c1-18(36)39-29-13-12-22(35(3)25(37)11-10-19-6-4-8-21(16-19)40-30(31,32)33)27-28(29)14-15-34(2)24(29)17-20-7-5-9-23(38-27)26(20)28/h4-11,16,22,24,27H,12-15,17H2,1-3H3/b11-10+/t22?,24-,27?,28+,29-/m1/s1. The molecule has 2 aromatic carbocycles. The van der Waals surface area contributed by atoms with Gasteiger partial charge in [0.2, 0.25) is 5.91 Å². The average Bonchev–Trinajstić information content (AvgIpc) is 3.23. The smallest absolute Gasteiger partial charge is 0.487 e. The second kappa shape index (κ2) is 9.26. The van der Waals surface area contributed by atoms with Crippen molar-refractivity contribution >= 4 is 18.0 Å². The molecule has 40 heavy (non-hydrogen) atoms. The molecule has 2 heterocycles. The molecule has 1 spiro atoms. The molecule has 2 fully saturated rings. The number of piperidine rings is 1. The lowest BCUT2D eigenvalue weighted by Gasteiger charge is -2.65. The maximum absolute atomic E-state index is 13.4. The van der Waals surface area contributed by atoms with E-state index < -0.39 is 23.5 Å². The lowest BCUT2D eigenvalue weighted by molar-refractivity contribution is -0.274. The SMILES string of the molecule is CC(=O)O[C@@]12CCC(N(C)C(=O)/C=C/c3cccc(OC(F)(F)F)c3)C3Oc4cccc5c4[C@@]31CCN(C)[C@@H]2C5. The monoisotopic (exact) mass is 556 g/mol. The minimum Gasteiger partial charge on any atom is -0.487 e. The molecule has 2 unspecified atom stereocenters. The fourth-order valence-electron chi connectivity index (χ4n) is 7.79. The van der Waals surface area contributed by atoms with Gasteiger partial charge in [0.05, 0.1) is 17.5 Å². The van der Waals surface area contributed by atoms with E-state index in [2.05, 4.69) is 22.8 Å². The van der Waals surface area contributed by atoms with Gasteiger partial charge in [-0.2, -0.15) is 0 Å². The number of carbonyl (C=O) groups is 2. The van der Waals surface area contributed by atoms with Crippen LogP contribution in [0.25, 0.3) is 6.08 Å². The van der Waals surface area contributed by atoms with Gasteiger partial charge in [0.25, 0.3) is 0 Å². The second-order valence-electron chi connectivity index (χ2n) is 11.2. The second-order valence-corrected chi connectivity index (χ2v) is 11.2. The Kier molecular flexibility index (Phi) is 6.18. The molecule has 0 radical (unpaired) electrons. The minimum atomic E-state index is -4.80. The van der Waals surface area contributed by atoms with E-state index in [0.29, 0.717) is 18.4 Å². The molecule has 1 saturated heterocycles. The zero-order valence-corrected chi connectivity index (χ0v) is 22.5. The number of rotatable bonds is 5. The number of halogens is 3. The first kappa shape index (κ1) is 26.7. The van der Waals surface area contributed by atoms with Crippen LogP contribution in [0, 0.1) is 0 Å². The zero-order valence-electron chi connectivity index (χ0n) is 22.5. The summed E-state index contributed by atoms with van der Waals surface area (Å²) in [5.41, 5.74) is 1.33. The first-order valence-electron chi connectivity index (χ1n) is 13.4. The van der Waals surface area contributed by atoms with Gasteiger partial charge in [-0.15, -0.1) is 13.2 Å². The van der Waals surface area contributed by atoms with Crippen LogP contribution in [0.5, 0.6) is 11.5 Å². The maximum atomic E-state index is 13.4. The van der Waals surface area contributed by atoms with E-state index in [1.54, 1.807) is 18.0 Å². The van der Waals surface area contributed by atoms with Crippen molar-refractivity contribution in [2.45, 2.75) is 68.2 Å². The number of ether oxygens (including phenoxy) is 3. The summed E-state index contributed by atoms with van der Waals surface area (Å²) < 4.78 is 54.9. The van der Waals surface area contributed by atoms with E-state index in [-0.39, 0.29) is 29.7 Å². The Hall–Kier alpha value is -3.53. The number of hydrogen-bond acceptors (Lipinski definition) is 6. The van der Waals surface area contributed by atoms with Crippen molar-refractivity contribution in [3.05, 3.63) is 65.2 Å². The number of amides is 1. The van der Waals surface area contributed by atoms with Crippen molar-refractivity contribution in [1.29, 1.82) is 0 Å². The van der Waals surface area contributed by atoms with E-state index in [1.807, 2.05) is 12.1 Å². The van der Waals surface area contributed by atoms with Crippen LogP contribution in [0.2, 0.25) is 0 Å². The number of carbonyl (C=O) groups excluding carboxylic acids is 2. The Morgan fingerprint density at radius 1 is 1.18 bits per heavy atom. The van der Waals surface area contributed by atoms with Crippen LogP contribution in [0.3, 0.4) is 0 Å². The van der Waals surface area contributed by atoms with E-state index >= 15 is 0 Å². The van der Waals surface area contributed by atoms with Crippen molar-refractivity contribution in [2.75, 3.05) is 20.6 Å². The van der Waals surface area contributed by atoms with E-state index in [9.17, 15) is 22.8 Å². The molecule has 5 atom stereocenters. The zero-order chi connectivity index (χ0) is 28.4. The molecule has 1 saturated carbocycles. The van der Waals surface area contributed by atoms with Crippen LogP contribution in [0.4, 0.5) is 13.2 Å². The molecule has 1 amide bonds. The molecule has 2 aliphatic carbocycles. The first-order valence-corrected chi connectivity index (χ1v) is 13.4. The molecule has 2 aromatic rings. The van der Waals surface area contributed by atoms with Crippen LogP contribution >= 0.6 is 0 Å². The van der Waals surface area contributed by atoms with Crippen LogP contribution in [-0.2, 0) is 26.2 Å². The van der Waals surface area contributed by atoms with Gasteiger partial charge in [0, 0.05) is 25.6 Å². The Morgan fingerprint density at radius 3 is 2.70 bits per heavy atom. The van der Waals surface area contributed by atoms with Crippen LogP contribution in [0.15, 0.2) is 48.5 Å². The molecular weight excluding hydrogens is 525 g/mol. The number of nitrogens with zero attached hydrogens (tertiary/aromatic N) is 2. The van der Waals surface area contributed by atoms with E-state index in [4.69, 9.17) is 9.47 Å². The molecule has 6 rings (SSSR count). The van der Waals surface area contributed by atoms with Gasteiger partial charge in [-0.1, -0.05) is 24.3 Å². The van der Waals surface area contributed by atoms with Gasteiger partial charge < -0.3 is 19.1 Å². The minimum absolute atomic E-state index is 0.00912. The molecule has 212 valence electrons. The van der Waals surface area contributed by atoms with Crippen molar-refractivity contribution in [2.24, 2.45) is 0 Å². The highest BCUT2D eigenvalue weighted by molar-refractivity contribution is 5.92. The Balaban J connectivity index is 1.32. The summed E-state index contributed by atoms with van der Waals surface area (Å²) in [4.78, 5) is 29.9. The van der Waals surface area contributed by atoms with Gasteiger partial charge in [0.1, 0.15) is 23.2 Å². The normalized spacial score (nSPS) is 30.4. The Bertz CT molecular complexity index is 1390. The maximum Gasteiger partial charge on any atom is 0.573 e. The van der Waals surface area contributed by atoms with Crippen molar-refractivity contribution in [3.63, 3.8) is 0 Å². The summed E-state index contributed by atoms with van der Waals surface area (Å²) in [7, 11) is 3.79. The summed E-state index contributed by atoms with van der Waals surface area (Å²) in [5.74, 6) is -0.199. The number of benzene rings is 2. The summed E-state index contributed by atoms with van der Waals surface area (Å²) >= 11 is 0. The molecule has 10 heteroatoms. The van der Waals surface area contributed by atoms with E-state index in [0.717, 1.165) is 30.7 Å². The third-order valence-corrected chi connectivity index (χ3v) is 9.24. The quantitative estimate of drug-likeness (QED) is 0.400. The number of esters is 1. The van der Waals surface area contributed by atoms with Gasteiger partial charge in [0.15, 0.2) is 0 Å². The van der Waals surface area contributed by atoms with Crippen molar-refractivity contribution < 1.29 is 37.0 Å². The Labute approximate surface area is 230 Å². The highest BCUT2D eigenvalue weighted by Crippen LogP contribution is 2.65. The van der Waals surface area contributed by atoms with Crippen LogP contribution < -0.4 is 9.47 Å². The van der Waals surface area contributed by atoms with Gasteiger partial charge >= 0.3 is 12.3 Å². The number of hydrogen-bond donors (Lipinski definition) is 0. The molecular formula is C30H31F3N2O5. The molecule has 2 bridgehead atoms. The number of alkyl halides is 3. The fourth-order valence-corrected chi connectivity index (χ4v) is 7.79. The largest absolute Gasteiger partial charge is 0.573 e. The fraction of sp³-hybridized carbons (Fsp3) is 0.467. The lowest BCUT2D eigenvalue weighted by Crippen LogP contribution is -2.78. The van der Waals surface area contributed by atoms with Gasteiger partial charge in [-0.3, -0.25) is 14.5 Å². The highest BCUT2D eigenvalue weighted by atomic mass is 19.4. The predicted molar refractivity (Wildman–Crippen MR) is 140 cm³/mol. The number of likely N-dealkylation sites (N-methyl/N-ethyl adjacent to an activating group) is 2. The number of likely N-dealkylation sites (tertiary alicyclic amines) is 1. The van der Waals surface area contributed by atoms with Gasteiger partial charge in [-0.05, 0) is 74.7 Å². The van der Waals surface area contributed by atoms with Crippen LogP contribution in [0.1, 0.15) is 42.9 Å². The molecule has 4 aliphatic rings. The summed E-state index contributed by atoms with van der Waals surface area (Å²) in [6, 6.07) is 11.2. The summed E-state index contributed by atoms with van der Waals surface area (Å²) in [6.45, 7) is 2.26. The van der Waals surface area contributed by atoms with Crippen LogP contribution in [-0.4, -0.2) is 72.5 Å². The molecule has 2 aliphatic heterocycles. The van der Waals surface area contributed by atoms with Gasteiger partial charge in [-0.25, -0.2) is 0 Å². The topological polar surface area (TPSA) is 68.3 Å². The third kappa shape index (κ3) is 3.98.